The smallest absolute Gasteiger partial charge is 0.123 e. The van der Waals surface area contributed by atoms with Crippen LogP contribution in [0.4, 0.5) is 0 Å². The second kappa shape index (κ2) is 6.63. The maximum Gasteiger partial charge on any atom is 0.123 e. The molecule has 0 atom stereocenters. The Balaban J connectivity index is 2.15. The lowest BCUT2D eigenvalue weighted by Gasteiger charge is -2.15. The topological polar surface area (TPSA) is 9.23 Å². The van der Waals surface area contributed by atoms with Crippen LogP contribution < -0.4 is 4.74 Å². The van der Waals surface area contributed by atoms with E-state index < -0.39 is 0 Å². The molecule has 0 aliphatic heterocycles. The van der Waals surface area contributed by atoms with Gasteiger partial charge >= 0.3 is 0 Å². The molecular formula is C17H19ClO. The Labute approximate surface area is 120 Å². The van der Waals surface area contributed by atoms with Gasteiger partial charge in [0.25, 0.3) is 0 Å². The van der Waals surface area contributed by atoms with Crippen LogP contribution in [0.25, 0.3) is 0 Å². The van der Waals surface area contributed by atoms with Gasteiger partial charge in [-0.15, -0.1) is 11.6 Å². The summed E-state index contributed by atoms with van der Waals surface area (Å²) in [6.45, 7) is 4.94. The molecule has 0 heterocycles. The summed E-state index contributed by atoms with van der Waals surface area (Å²) < 4.78 is 5.94. The van der Waals surface area contributed by atoms with Crippen molar-refractivity contribution in [1.29, 1.82) is 0 Å². The van der Waals surface area contributed by atoms with E-state index in [-0.39, 0.29) is 0 Å². The van der Waals surface area contributed by atoms with Crippen LogP contribution in [-0.2, 0) is 12.5 Å². The predicted octanol–water partition coefficient (Wildman–Crippen LogP) is 5.13. The second-order valence-electron chi connectivity index (χ2n) is 4.93. The van der Waals surface area contributed by atoms with Crippen molar-refractivity contribution in [3.05, 3.63) is 65.2 Å². The number of rotatable bonds is 5. The molecule has 2 rings (SSSR count). The molecule has 0 radical (unpaired) electrons. The molecular weight excluding hydrogens is 256 g/mol. The average molecular weight is 275 g/mol. The van der Waals surface area contributed by atoms with E-state index in [1.54, 1.807) is 0 Å². The Bertz CT molecular complexity index is 520. The summed E-state index contributed by atoms with van der Waals surface area (Å²) in [5.74, 6) is 1.92. The molecule has 0 saturated heterocycles. The van der Waals surface area contributed by atoms with Crippen molar-refractivity contribution in [3.63, 3.8) is 0 Å². The maximum absolute atomic E-state index is 5.94. The van der Waals surface area contributed by atoms with Crippen LogP contribution >= 0.6 is 11.6 Å². The fourth-order valence-electron chi connectivity index (χ4n) is 2.00. The Kier molecular flexibility index (Phi) is 4.86. The summed E-state index contributed by atoms with van der Waals surface area (Å²) in [4.78, 5) is 0. The highest BCUT2D eigenvalue weighted by atomic mass is 35.5. The van der Waals surface area contributed by atoms with Crippen LogP contribution in [0, 0.1) is 0 Å². The zero-order valence-corrected chi connectivity index (χ0v) is 12.2. The highest BCUT2D eigenvalue weighted by molar-refractivity contribution is 6.17. The number of alkyl halides is 1. The summed E-state index contributed by atoms with van der Waals surface area (Å²) in [7, 11) is 0. The molecule has 19 heavy (non-hydrogen) atoms. The lowest BCUT2D eigenvalue weighted by atomic mass is 10.00. The van der Waals surface area contributed by atoms with Crippen LogP contribution in [0.5, 0.6) is 5.75 Å². The molecule has 0 spiro atoms. The van der Waals surface area contributed by atoms with Gasteiger partial charge in [0.1, 0.15) is 12.4 Å². The van der Waals surface area contributed by atoms with Crippen molar-refractivity contribution in [2.24, 2.45) is 0 Å². The van der Waals surface area contributed by atoms with Gasteiger partial charge in [0, 0.05) is 5.88 Å². The third-order valence-electron chi connectivity index (χ3n) is 3.09. The molecule has 0 aromatic heterocycles. The summed E-state index contributed by atoms with van der Waals surface area (Å²) in [5.41, 5.74) is 3.53. The Morgan fingerprint density at radius 3 is 2.37 bits per heavy atom. The van der Waals surface area contributed by atoms with Crippen LogP contribution in [0.3, 0.4) is 0 Å². The molecule has 2 aromatic rings. The van der Waals surface area contributed by atoms with E-state index in [0.29, 0.717) is 18.4 Å². The summed E-state index contributed by atoms with van der Waals surface area (Å²) in [6.07, 6.45) is 0. The van der Waals surface area contributed by atoms with Gasteiger partial charge in [-0.3, -0.25) is 0 Å². The lowest BCUT2D eigenvalue weighted by Crippen LogP contribution is -2.00. The molecule has 2 aromatic carbocycles. The number of halogens is 1. The highest BCUT2D eigenvalue weighted by Crippen LogP contribution is 2.28. The molecule has 0 fully saturated rings. The van der Waals surface area contributed by atoms with Gasteiger partial charge in [0.2, 0.25) is 0 Å². The van der Waals surface area contributed by atoms with Crippen molar-refractivity contribution < 1.29 is 4.74 Å². The van der Waals surface area contributed by atoms with Crippen molar-refractivity contribution in [2.75, 3.05) is 0 Å². The van der Waals surface area contributed by atoms with Gasteiger partial charge in [-0.05, 0) is 28.7 Å². The molecule has 0 bridgehead atoms. The predicted molar refractivity (Wildman–Crippen MR) is 80.9 cm³/mol. The molecule has 0 aliphatic rings. The lowest BCUT2D eigenvalue weighted by molar-refractivity contribution is 0.301. The maximum atomic E-state index is 5.94. The van der Waals surface area contributed by atoms with Gasteiger partial charge in [-0.1, -0.05) is 56.3 Å². The zero-order valence-electron chi connectivity index (χ0n) is 11.4. The second-order valence-corrected chi connectivity index (χ2v) is 5.20. The van der Waals surface area contributed by atoms with Crippen LogP contribution in [0.1, 0.15) is 36.5 Å². The Morgan fingerprint density at radius 1 is 1.00 bits per heavy atom. The van der Waals surface area contributed by atoms with Crippen molar-refractivity contribution in [1.82, 2.24) is 0 Å². The van der Waals surface area contributed by atoms with Gasteiger partial charge in [-0.25, -0.2) is 0 Å². The molecule has 0 saturated carbocycles. The van der Waals surface area contributed by atoms with E-state index in [0.717, 1.165) is 11.3 Å². The average Bonchev–Trinajstić information content (AvgIpc) is 2.46. The molecule has 0 aliphatic carbocycles. The molecule has 100 valence electrons. The standard InChI is InChI=1S/C17H19ClO/c1-13(2)16-10-15(11-18)8-9-17(16)19-12-14-6-4-3-5-7-14/h3-10,13H,11-12H2,1-2H3. The number of benzene rings is 2. The normalized spacial score (nSPS) is 10.7. The highest BCUT2D eigenvalue weighted by Gasteiger charge is 2.09. The van der Waals surface area contributed by atoms with Gasteiger partial charge in [0.05, 0.1) is 0 Å². The summed E-state index contributed by atoms with van der Waals surface area (Å²) in [6, 6.07) is 16.4. The molecule has 0 N–H and O–H groups in total. The SMILES string of the molecule is CC(C)c1cc(CCl)ccc1OCc1ccccc1. The van der Waals surface area contributed by atoms with Crippen molar-refractivity contribution in [2.45, 2.75) is 32.3 Å². The Hall–Kier alpha value is -1.47. The first kappa shape index (κ1) is 14.0. The van der Waals surface area contributed by atoms with Crippen LogP contribution in [0.2, 0.25) is 0 Å². The number of ether oxygens (including phenoxy) is 1. The Morgan fingerprint density at radius 2 is 1.74 bits per heavy atom. The first-order valence-corrected chi connectivity index (χ1v) is 7.09. The monoisotopic (exact) mass is 274 g/mol. The van der Waals surface area contributed by atoms with Crippen LogP contribution in [-0.4, -0.2) is 0 Å². The fraction of sp³-hybridized carbons (Fsp3) is 0.294. The molecule has 1 nitrogen and oxygen atoms in total. The van der Waals surface area contributed by atoms with Gasteiger partial charge < -0.3 is 4.74 Å². The number of hydrogen-bond donors (Lipinski definition) is 0. The van der Waals surface area contributed by atoms with Gasteiger partial charge in [0.15, 0.2) is 0 Å². The van der Waals surface area contributed by atoms with E-state index >= 15 is 0 Å². The summed E-state index contributed by atoms with van der Waals surface area (Å²) in [5, 5.41) is 0. The van der Waals surface area contributed by atoms with E-state index in [2.05, 4.69) is 32.0 Å². The minimum Gasteiger partial charge on any atom is -0.489 e. The molecule has 0 amide bonds. The van der Waals surface area contributed by atoms with Crippen LogP contribution in [0.15, 0.2) is 48.5 Å². The largest absolute Gasteiger partial charge is 0.489 e. The minimum absolute atomic E-state index is 0.425. The third-order valence-corrected chi connectivity index (χ3v) is 3.40. The van der Waals surface area contributed by atoms with Gasteiger partial charge in [-0.2, -0.15) is 0 Å². The third kappa shape index (κ3) is 3.74. The first-order chi connectivity index (χ1) is 9.20. The van der Waals surface area contributed by atoms with E-state index in [4.69, 9.17) is 16.3 Å². The minimum atomic E-state index is 0.425. The quantitative estimate of drug-likeness (QED) is 0.687. The van der Waals surface area contributed by atoms with E-state index in [1.165, 1.54) is 11.1 Å². The van der Waals surface area contributed by atoms with Crippen molar-refractivity contribution >= 4 is 11.6 Å². The molecule has 2 heteroatoms. The fourth-order valence-corrected chi connectivity index (χ4v) is 2.17. The van der Waals surface area contributed by atoms with Crippen molar-refractivity contribution in [3.8, 4) is 5.75 Å². The summed E-state index contributed by atoms with van der Waals surface area (Å²) >= 11 is 5.89. The number of hydrogen-bond acceptors (Lipinski definition) is 1. The van der Waals surface area contributed by atoms with E-state index in [1.807, 2.05) is 30.3 Å². The van der Waals surface area contributed by atoms with E-state index in [9.17, 15) is 0 Å². The first-order valence-electron chi connectivity index (χ1n) is 6.56. The zero-order chi connectivity index (χ0) is 13.7. The molecule has 0 unspecified atom stereocenters.